The number of thiophene rings is 1. The van der Waals surface area contributed by atoms with Crippen LogP contribution in [0.3, 0.4) is 0 Å². The first kappa shape index (κ1) is 14.6. The number of rotatable bonds is 5. The van der Waals surface area contributed by atoms with Crippen LogP contribution in [0, 0.1) is 0 Å². The van der Waals surface area contributed by atoms with Crippen LogP contribution in [-0.2, 0) is 6.54 Å². The third kappa shape index (κ3) is 2.60. The number of nitrogens with one attached hydrogen (secondary N) is 1. The van der Waals surface area contributed by atoms with Gasteiger partial charge in [-0.1, -0.05) is 37.3 Å². The van der Waals surface area contributed by atoms with Crippen LogP contribution in [0.5, 0.6) is 0 Å². The fourth-order valence-corrected chi connectivity index (χ4v) is 3.90. The molecule has 1 saturated carbocycles. The maximum absolute atomic E-state index is 13.2. The number of aromatic nitrogens is 2. The van der Waals surface area contributed by atoms with E-state index in [0.29, 0.717) is 12.6 Å². The van der Waals surface area contributed by atoms with Crippen molar-refractivity contribution < 1.29 is 0 Å². The monoisotopic (exact) mass is 325 g/mol. The van der Waals surface area contributed by atoms with Crippen molar-refractivity contribution in [1.82, 2.24) is 14.9 Å². The molecule has 4 rings (SSSR count). The number of hydrogen-bond acceptors (Lipinski definition) is 4. The second-order valence-corrected chi connectivity index (χ2v) is 6.77. The first-order chi connectivity index (χ1) is 11.3. The van der Waals surface area contributed by atoms with Crippen molar-refractivity contribution in [1.29, 1.82) is 0 Å². The molecule has 1 N–H and O–H groups in total. The average Bonchev–Trinajstić information content (AvgIpc) is 3.32. The van der Waals surface area contributed by atoms with Gasteiger partial charge in [-0.2, -0.15) is 0 Å². The van der Waals surface area contributed by atoms with Gasteiger partial charge in [0.25, 0.3) is 5.56 Å². The van der Waals surface area contributed by atoms with Crippen molar-refractivity contribution in [2.24, 2.45) is 0 Å². The summed E-state index contributed by atoms with van der Waals surface area (Å²) in [4.78, 5) is 18.8. The van der Waals surface area contributed by atoms with Gasteiger partial charge < -0.3 is 5.32 Å². The number of nitrogens with zero attached hydrogens (tertiary/aromatic N) is 2. The lowest BCUT2D eigenvalue weighted by Gasteiger charge is -2.12. The molecule has 4 nitrogen and oxygen atoms in total. The van der Waals surface area contributed by atoms with Crippen molar-refractivity contribution >= 4 is 21.6 Å². The zero-order valence-electron chi connectivity index (χ0n) is 13.1. The summed E-state index contributed by atoms with van der Waals surface area (Å²) in [6.45, 7) is 3.59. The topological polar surface area (TPSA) is 46.9 Å². The minimum Gasteiger partial charge on any atom is -0.310 e. The van der Waals surface area contributed by atoms with Gasteiger partial charge in [-0.15, -0.1) is 11.3 Å². The van der Waals surface area contributed by atoms with Gasteiger partial charge >= 0.3 is 0 Å². The van der Waals surface area contributed by atoms with E-state index in [1.54, 1.807) is 11.3 Å². The van der Waals surface area contributed by atoms with Gasteiger partial charge in [0.05, 0.1) is 11.9 Å². The van der Waals surface area contributed by atoms with E-state index in [0.717, 1.165) is 46.6 Å². The van der Waals surface area contributed by atoms with E-state index in [1.807, 2.05) is 22.8 Å². The smallest absolute Gasteiger partial charge is 0.263 e. The van der Waals surface area contributed by atoms with Crippen LogP contribution in [0.4, 0.5) is 0 Å². The largest absolute Gasteiger partial charge is 0.310 e. The van der Waals surface area contributed by atoms with E-state index in [1.165, 1.54) is 0 Å². The quantitative estimate of drug-likeness (QED) is 0.780. The first-order valence-corrected chi connectivity index (χ1v) is 8.96. The van der Waals surface area contributed by atoms with Gasteiger partial charge in [-0.05, 0) is 24.9 Å². The standard InChI is InChI=1S/C18H19N3OS/c1-2-19-10-15-20-17-16(18(22)21(15)13-8-9-13)14(11-23-17)12-6-4-3-5-7-12/h3-7,11,13,19H,2,8-10H2,1H3. The Kier molecular flexibility index (Phi) is 3.75. The van der Waals surface area contributed by atoms with Crippen molar-refractivity contribution in [2.75, 3.05) is 6.54 Å². The van der Waals surface area contributed by atoms with Crippen LogP contribution in [0.25, 0.3) is 21.3 Å². The summed E-state index contributed by atoms with van der Waals surface area (Å²) in [5.74, 6) is 0.869. The number of hydrogen-bond donors (Lipinski definition) is 1. The molecule has 0 radical (unpaired) electrons. The first-order valence-electron chi connectivity index (χ1n) is 8.08. The van der Waals surface area contributed by atoms with Crippen molar-refractivity contribution in [3.63, 3.8) is 0 Å². The summed E-state index contributed by atoms with van der Waals surface area (Å²) < 4.78 is 1.92. The zero-order valence-corrected chi connectivity index (χ0v) is 13.9. The Labute approximate surface area is 138 Å². The summed E-state index contributed by atoms with van der Waals surface area (Å²) >= 11 is 1.56. The molecule has 118 valence electrons. The molecule has 3 aromatic rings. The molecule has 1 aromatic carbocycles. The van der Waals surface area contributed by atoms with E-state index in [4.69, 9.17) is 4.98 Å². The average molecular weight is 325 g/mol. The highest BCUT2D eigenvalue weighted by Gasteiger charge is 2.29. The lowest BCUT2D eigenvalue weighted by atomic mass is 10.1. The fourth-order valence-electron chi connectivity index (χ4n) is 2.95. The van der Waals surface area contributed by atoms with E-state index < -0.39 is 0 Å². The molecule has 0 saturated heterocycles. The van der Waals surface area contributed by atoms with Crippen LogP contribution in [0.15, 0.2) is 40.5 Å². The van der Waals surface area contributed by atoms with Crippen LogP contribution >= 0.6 is 11.3 Å². The molecule has 0 aliphatic heterocycles. The second kappa shape index (κ2) is 5.91. The zero-order chi connectivity index (χ0) is 15.8. The Morgan fingerprint density at radius 1 is 1.30 bits per heavy atom. The lowest BCUT2D eigenvalue weighted by molar-refractivity contribution is 0.594. The van der Waals surface area contributed by atoms with Crippen LogP contribution < -0.4 is 10.9 Å². The van der Waals surface area contributed by atoms with Gasteiger partial charge in [0.2, 0.25) is 0 Å². The Bertz CT molecular complexity index is 894. The highest BCUT2D eigenvalue weighted by molar-refractivity contribution is 7.17. The third-order valence-corrected chi connectivity index (χ3v) is 5.12. The van der Waals surface area contributed by atoms with E-state index in [2.05, 4.69) is 29.8 Å². The van der Waals surface area contributed by atoms with Gasteiger partial charge in [0.1, 0.15) is 10.7 Å². The molecular weight excluding hydrogens is 306 g/mol. The molecule has 1 aliphatic rings. The molecule has 1 aliphatic carbocycles. The van der Waals surface area contributed by atoms with Gasteiger partial charge in [0.15, 0.2) is 0 Å². The van der Waals surface area contributed by atoms with Gasteiger partial charge in [0, 0.05) is 17.0 Å². The lowest BCUT2D eigenvalue weighted by Crippen LogP contribution is -2.27. The van der Waals surface area contributed by atoms with Gasteiger partial charge in [-0.25, -0.2) is 4.98 Å². The predicted molar refractivity (Wildman–Crippen MR) is 95.0 cm³/mol. The van der Waals surface area contributed by atoms with Crippen LogP contribution in [0.2, 0.25) is 0 Å². The summed E-state index contributed by atoms with van der Waals surface area (Å²) in [5.41, 5.74) is 2.21. The Morgan fingerprint density at radius 2 is 2.09 bits per heavy atom. The Balaban J connectivity index is 1.93. The molecule has 0 unspecified atom stereocenters. The summed E-state index contributed by atoms with van der Waals surface area (Å²) in [6, 6.07) is 10.4. The Morgan fingerprint density at radius 3 is 2.78 bits per heavy atom. The van der Waals surface area contributed by atoms with Crippen LogP contribution in [-0.4, -0.2) is 16.1 Å². The molecule has 0 atom stereocenters. The normalized spacial score (nSPS) is 14.5. The van der Waals surface area contributed by atoms with Crippen molar-refractivity contribution in [2.45, 2.75) is 32.4 Å². The van der Waals surface area contributed by atoms with E-state index >= 15 is 0 Å². The minimum absolute atomic E-state index is 0.116. The second-order valence-electron chi connectivity index (χ2n) is 5.91. The SMILES string of the molecule is CCNCc1nc2scc(-c3ccccc3)c2c(=O)n1C1CC1. The molecule has 2 aromatic heterocycles. The fraction of sp³-hybridized carbons (Fsp3) is 0.333. The van der Waals surface area contributed by atoms with Crippen molar-refractivity contribution in [3.8, 4) is 11.1 Å². The maximum Gasteiger partial charge on any atom is 0.263 e. The molecule has 0 bridgehead atoms. The molecule has 1 fully saturated rings. The summed E-state index contributed by atoms with van der Waals surface area (Å²) in [7, 11) is 0. The highest BCUT2D eigenvalue weighted by atomic mass is 32.1. The maximum atomic E-state index is 13.2. The molecule has 23 heavy (non-hydrogen) atoms. The van der Waals surface area contributed by atoms with E-state index in [-0.39, 0.29) is 5.56 Å². The molecule has 0 spiro atoms. The molecule has 0 amide bonds. The van der Waals surface area contributed by atoms with Crippen molar-refractivity contribution in [3.05, 3.63) is 51.9 Å². The van der Waals surface area contributed by atoms with Gasteiger partial charge in [-0.3, -0.25) is 9.36 Å². The highest BCUT2D eigenvalue weighted by Crippen LogP contribution is 2.37. The molecular formula is C18H19N3OS. The van der Waals surface area contributed by atoms with Crippen LogP contribution in [0.1, 0.15) is 31.6 Å². The Hall–Kier alpha value is -1.98. The molecule has 5 heteroatoms. The minimum atomic E-state index is 0.116. The molecule has 2 heterocycles. The number of benzene rings is 1. The third-order valence-electron chi connectivity index (χ3n) is 4.24. The predicted octanol–water partition coefficient (Wildman–Crippen LogP) is 3.57. The van der Waals surface area contributed by atoms with E-state index in [9.17, 15) is 4.79 Å². The summed E-state index contributed by atoms with van der Waals surface area (Å²) in [6.07, 6.45) is 2.16. The summed E-state index contributed by atoms with van der Waals surface area (Å²) in [5, 5.41) is 6.13. The number of fused-ring (bicyclic) bond motifs is 1.